The molecule has 0 aliphatic carbocycles. The number of carbonyl (C=O) groups is 1. The van der Waals surface area contributed by atoms with Gasteiger partial charge >= 0.3 is 0 Å². The van der Waals surface area contributed by atoms with E-state index in [2.05, 4.69) is 5.32 Å². The van der Waals surface area contributed by atoms with Gasteiger partial charge in [0.15, 0.2) is 0 Å². The molecule has 2 atom stereocenters. The fourth-order valence-electron chi connectivity index (χ4n) is 3.57. The molecule has 0 fully saturated rings. The van der Waals surface area contributed by atoms with E-state index in [1.807, 2.05) is 24.3 Å². The monoisotopic (exact) mass is 372 g/mol. The van der Waals surface area contributed by atoms with Gasteiger partial charge in [0.2, 0.25) is 5.91 Å². The lowest BCUT2D eigenvalue weighted by atomic mass is 9.88. The number of aliphatic hydroxyl groups is 1. The lowest BCUT2D eigenvalue weighted by Gasteiger charge is -2.38. The number of ether oxygens (including phenoxy) is 1. The number of hydrogen-bond donors (Lipinski definition) is 2. The molecule has 2 aromatic rings. The smallest absolute Gasteiger partial charge is 0.237 e. The first-order valence-corrected chi connectivity index (χ1v) is 9.11. The molecule has 27 heavy (non-hydrogen) atoms. The number of aliphatic hydroxyl groups excluding tert-OH is 1. The Balaban J connectivity index is 1.81. The molecule has 3 rings (SSSR count). The zero-order valence-electron chi connectivity index (χ0n) is 15.4. The Labute approximate surface area is 158 Å². The van der Waals surface area contributed by atoms with Gasteiger partial charge in [-0.3, -0.25) is 4.79 Å². The van der Waals surface area contributed by atoms with Crippen LogP contribution < -0.4 is 5.32 Å². The highest BCUT2D eigenvalue weighted by Crippen LogP contribution is 2.36. The van der Waals surface area contributed by atoms with Crippen LogP contribution in [0, 0.1) is 5.82 Å². The van der Waals surface area contributed by atoms with Crippen LogP contribution in [-0.4, -0.2) is 55.4 Å². The minimum atomic E-state index is -0.674. The molecular formula is C21H25FN2O3. The molecule has 0 aromatic heterocycles. The van der Waals surface area contributed by atoms with Gasteiger partial charge in [-0.15, -0.1) is 0 Å². The van der Waals surface area contributed by atoms with Crippen LogP contribution in [0.4, 0.5) is 4.39 Å². The van der Waals surface area contributed by atoms with E-state index in [9.17, 15) is 14.3 Å². The summed E-state index contributed by atoms with van der Waals surface area (Å²) < 4.78 is 19.4. The molecule has 1 heterocycles. The number of carbonyl (C=O) groups excluding carboxylic acids is 1. The van der Waals surface area contributed by atoms with Gasteiger partial charge in [0, 0.05) is 25.8 Å². The number of nitrogens with zero attached hydrogens (tertiary/aromatic N) is 1. The van der Waals surface area contributed by atoms with Gasteiger partial charge < -0.3 is 20.1 Å². The van der Waals surface area contributed by atoms with Crippen molar-refractivity contribution >= 4 is 5.91 Å². The molecule has 6 heteroatoms. The summed E-state index contributed by atoms with van der Waals surface area (Å²) in [4.78, 5) is 14.6. The zero-order chi connectivity index (χ0) is 19.2. The fraction of sp³-hybridized carbons (Fsp3) is 0.381. The molecule has 2 aromatic carbocycles. The molecule has 1 amide bonds. The number of nitrogens with one attached hydrogen (secondary N) is 1. The van der Waals surface area contributed by atoms with Gasteiger partial charge in [-0.25, -0.2) is 4.39 Å². The first kappa shape index (κ1) is 19.5. The lowest BCUT2D eigenvalue weighted by molar-refractivity contribution is -0.132. The molecule has 0 bridgehead atoms. The molecule has 1 unspecified atom stereocenters. The predicted molar refractivity (Wildman–Crippen MR) is 101 cm³/mol. The second-order valence-electron chi connectivity index (χ2n) is 6.70. The largest absolute Gasteiger partial charge is 0.389 e. The third kappa shape index (κ3) is 4.53. The molecule has 1 aliphatic heterocycles. The summed E-state index contributed by atoms with van der Waals surface area (Å²) in [7, 11) is 1.51. The van der Waals surface area contributed by atoms with E-state index in [-0.39, 0.29) is 31.4 Å². The Morgan fingerprint density at radius 3 is 2.70 bits per heavy atom. The Hall–Kier alpha value is -2.28. The van der Waals surface area contributed by atoms with E-state index in [0.29, 0.717) is 12.1 Å². The summed E-state index contributed by atoms with van der Waals surface area (Å²) in [5, 5.41) is 12.7. The molecule has 0 saturated carbocycles. The van der Waals surface area contributed by atoms with E-state index in [1.165, 1.54) is 13.2 Å². The summed E-state index contributed by atoms with van der Waals surface area (Å²) in [6, 6.07) is 14.0. The van der Waals surface area contributed by atoms with Crippen molar-refractivity contribution < 1.29 is 19.0 Å². The molecule has 0 saturated heterocycles. The summed E-state index contributed by atoms with van der Waals surface area (Å²) >= 11 is 0. The number of benzene rings is 2. The molecule has 2 N–H and O–H groups in total. The second kappa shape index (κ2) is 9.08. The van der Waals surface area contributed by atoms with Crippen molar-refractivity contribution in [1.29, 1.82) is 0 Å². The van der Waals surface area contributed by atoms with Gasteiger partial charge in [-0.2, -0.15) is 0 Å². The standard InChI is InChI=1S/C21H25FN2O3/c1-27-14-16(25)12-23-13-20(26)24-11-10-15-6-2-3-7-17(15)21(24)18-8-4-5-9-19(18)22/h2-9,16,21,23,25H,10-14H2,1H3/t16-,21?/m0/s1. The predicted octanol–water partition coefficient (Wildman–Crippen LogP) is 1.90. The van der Waals surface area contributed by atoms with E-state index in [1.54, 1.807) is 23.1 Å². The second-order valence-corrected chi connectivity index (χ2v) is 6.70. The van der Waals surface area contributed by atoms with Crippen molar-refractivity contribution in [3.8, 4) is 0 Å². The summed E-state index contributed by atoms with van der Waals surface area (Å²) in [5.41, 5.74) is 2.59. The molecule has 144 valence electrons. The Morgan fingerprint density at radius 2 is 1.96 bits per heavy atom. The highest BCUT2D eigenvalue weighted by atomic mass is 19.1. The quantitative estimate of drug-likeness (QED) is 0.779. The van der Waals surface area contributed by atoms with Crippen LogP contribution in [0.1, 0.15) is 22.7 Å². The highest BCUT2D eigenvalue weighted by Gasteiger charge is 2.33. The van der Waals surface area contributed by atoms with Crippen LogP contribution >= 0.6 is 0 Å². The van der Waals surface area contributed by atoms with E-state index in [4.69, 9.17) is 4.74 Å². The number of hydrogen-bond acceptors (Lipinski definition) is 4. The van der Waals surface area contributed by atoms with Gasteiger partial charge in [-0.1, -0.05) is 42.5 Å². The van der Waals surface area contributed by atoms with Crippen molar-refractivity contribution in [2.45, 2.75) is 18.6 Å². The third-order valence-corrected chi connectivity index (χ3v) is 4.82. The maximum atomic E-state index is 14.5. The van der Waals surface area contributed by atoms with Crippen molar-refractivity contribution in [2.75, 3.05) is 33.4 Å². The van der Waals surface area contributed by atoms with Crippen LogP contribution in [0.3, 0.4) is 0 Å². The van der Waals surface area contributed by atoms with Crippen LogP contribution in [-0.2, 0) is 16.0 Å². The van der Waals surface area contributed by atoms with Crippen molar-refractivity contribution in [1.82, 2.24) is 10.2 Å². The number of amides is 1. The topological polar surface area (TPSA) is 61.8 Å². The molecular weight excluding hydrogens is 347 g/mol. The number of fused-ring (bicyclic) bond motifs is 1. The van der Waals surface area contributed by atoms with Crippen molar-refractivity contribution in [3.63, 3.8) is 0 Å². The van der Waals surface area contributed by atoms with E-state index >= 15 is 0 Å². The van der Waals surface area contributed by atoms with Gasteiger partial charge in [0.1, 0.15) is 5.82 Å². The molecule has 1 aliphatic rings. The first-order chi connectivity index (χ1) is 13.1. The maximum Gasteiger partial charge on any atom is 0.237 e. The van der Waals surface area contributed by atoms with Crippen molar-refractivity contribution in [3.05, 3.63) is 71.0 Å². The van der Waals surface area contributed by atoms with E-state index < -0.39 is 12.1 Å². The fourth-order valence-corrected chi connectivity index (χ4v) is 3.57. The summed E-state index contributed by atoms with van der Waals surface area (Å²) in [5.74, 6) is -0.442. The minimum Gasteiger partial charge on any atom is -0.389 e. The van der Waals surface area contributed by atoms with Crippen molar-refractivity contribution in [2.24, 2.45) is 0 Å². The zero-order valence-corrected chi connectivity index (χ0v) is 15.4. The van der Waals surface area contributed by atoms with Crippen LogP contribution in [0.2, 0.25) is 0 Å². The number of halogens is 1. The van der Waals surface area contributed by atoms with Crippen LogP contribution in [0.15, 0.2) is 48.5 Å². The Morgan fingerprint density at radius 1 is 1.26 bits per heavy atom. The van der Waals surface area contributed by atoms with Gasteiger partial charge in [0.25, 0.3) is 0 Å². The normalized spacial score (nSPS) is 17.4. The lowest BCUT2D eigenvalue weighted by Crippen LogP contribution is -2.46. The average molecular weight is 372 g/mol. The Kier molecular flexibility index (Phi) is 6.55. The number of rotatable bonds is 7. The third-order valence-electron chi connectivity index (χ3n) is 4.82. The SMILES string of the molecule is COC[C@@H](O)CNCC(=O)N1CCc2ccccc2C1c1ccccc1F. The van der Waals surface area contributed by atoms with Crippen LogP contribution in [0.5, 0.6) is 0 Å². The first-order valence-electron chi connectivity index (χ1n) is 9.11. The maximum absolute atomic E-state index is 14.5. The van der Waals surface area contributed by atoms with Gasteiger partial charge in [-0.05, 0) is 23.6 Å². The van der Waals surface area contributed by atoms with Gasteiger partial charge in [0.05, 0.1) is 25.3 Å². The summed E-state index contributed by atoms with van der Waals surface area (Å²) in [6.45, 7) is 1.07. The Bertz CT molecular complexity index is 784. The highest BCUT2D eigenvalue weighted by molar-refractivity contribution is 5.79. The summed E-state index contributed by atoms with van der Waals surface area (Å²) in [6.07, 6.45) is 0.0614. The van der Waals surface area contributed by atoms with Crippen LogP contribution in [0.25, 0.3) is 0 Å². The number of methoxy groups -OCH3 is 1. The molecule has 5 nitrogen and oxygen atoms in total. The minimum absolute atomic E-state index is 0.0773. The van der Waals surface area contributed by atoms with E-state index in [0.717, 1.165) is 17.5 Å². The molecule has 0 radical (unpaired) electrons. The average Bonchev–Trinajstić information content (AvgIpc) is 2.68. The molecule has 0 spiro atoms.